The van der Waals surface area contributed by atoms with Crippen LogP contribution in [-0.4, -0.2) is 39.8 Å². The second-order valence-electron chi connectivity index (χ2n) is 4.95. The van der Waals surface area contributed by atoms with Gasteiger partial charge in [0, 0.05) is 31.0 Å². The Hall–Kier alpha value is 0.150. The summed E-state index contributed by atoms with van der Waals surface area (Å²) in [5.41, 5.74) is 0. The molecule has 1 unspecified atom stereocenters. The number of hydrogen-bond donors (Lipinski definition) is 1. The van der Waals surface area contributed by atoms with Gasteiger partial charge in [-0.3, -0.25) is 18.6 Å². The van der Waals surface area contributed by atoms with Crippen LogP contribution in [0.4, 0.5) is 0 Å². The van der Waals surface area contributed by atoms with E-state index in [-0.39, 0.29) is 22.1 Å². The van der Waals surface area contributed by atoms with Crippen LogP contribution in [0.25, 0.3) is 0 Å². The van der Waals surface area contributed by atoms with Gasteiger partial charge in [0.05, 0.1) is 6.61 Å². The van der Waals surface area contributed by atoms with Crippen LogP contribution in [0.5, 0.6) is 0 Å². The maximum Gasteiger partial charge on any atom is 0.471 e. The molecule has 0 heterocycles. The van der Waals surface area contributed by atoms with E-state index >= 15 is 0 Å². The summed E-state index contributed by atoms with van der Waals surface area (Å²) in [7, 11) is -2.99. The molecule has 2 atom stereocenters. The van der Waals surface area contributed by atoms with Gasteiger partial charge in [-0.2, -0.15) is 0 Å². The molecule has 0 aliphatic carbocycles. The number of phosphoric acid groups is 1. The number of phosphoric ester groups is 1. The lowest BCUT2D eigenvalue weighted by molar-refractivity contribution is -0.111. The van der Waals surface area contributed by atoms with Crippen LogP contribution in [0, 0.1) is 0 Å². The van der Waals surface area contributed by atoms with Crippen molar-refractivity contribution in [2.24, 2.45) is 0 Å². The molecule has 0 radical (unpaired) electrons. The zero-order valence-electron chi connectivity index (χ0n) is 14.0. The van der Waals surface area contributed by atoms with Crippen molar-refractivity contribution in [3.63, 3.8) is 0 Å². The maximum atomic E-state index is 11.9. The van der Waals surface area contributed by atoms with Crippen molar-refractivity contribution in [1.29, 1.82) is 0 Å². The second kappa shape index (κ2) is 13.4. The van der Waals surface area contributed by atoms with Crippen molar-refractivity contribution in [2.45, 2.75) is 57.6 Å². The van der Waals surface area contributed by atoms with Crippen molar-refractivity contribution >= 4 is 41.6 Å². The van der Waals surface area contributed by atoms with Crippen LogP contribution in [-0.2, 0) is 23.2 Å². The number of thioether (sulfide) groups is 2. The van der Waals surface area contributed by atoms with Gasteiger partial charge in [-0.15, -0.1) is 0 Å². The Kier molecular flexibility index (Phi) is 13.5. The van der Waals surface area contributed by atoms with Gasteiger partial charge in [0.2, 0.25) is 0 Å². The summed E-state index contributed by atoms with van der Waals surface area (Å²) in [5.74, 6) is 0.370. The van der Waals surface area contributed by atoms with Crippen LogP contribution in [0.3, 0.4) is 0 Å². The summed E-state index contributed by atoms with van der Waals surface area (Å²) < 4.78 is 20.6. The molecule has 0 fully saturated rings. The molecule has 0 saturated carbocycles. The van der Waals surface area contributed by atoms with E-state index in [1.54, 1.807) is 0 Å². The lowest BCUT2D eigenvalue weighted by Crippen LogP contribution is -2.18. The topological polar surface area (TPSA) is 89.9 Å². The molecule has 0 amide bonds. The van der Waals surface area contributed by atoms with Gasteiger partial charge in [0.1, 0.15) is 0 Å². The average molecular weight is 386 g/mol. The summed E-state index contributed by atoms with van der Waals surface area (Å²) in [6.07, 6.45) is 4.47. The predicted molar refractivity (Wildman–Crippen MR) is 95.7 cm³/mol. The van der Waals surface area contributed by atoms with Gasteiger partial charge in [0.15, 0.2) is 10.2 Å². The molecule has 0 bridgehead atoms. The number of unbranched alkanes of at least 4 members (excludes halogenated alkanes) is 2. The van der Waals surface area contributed by atoms with E-state index in [4.69, 9.17) is 4.52 Å². The molecule has 9 heteroatoms. The first-order valence-electron chi connectivity index (χ1n) is 7.72. The fourth-order valence-electron chi connectivity index (χ4n) is 1.49. The lowest BCUT2D eigenvalue weighted by Gasteiger charge is -2.17. The van der Waals surface area contributed by atoms with E-state index in [9.17, 15) is 19.0 Å². The molecule has 0 spiro atoms. The first kappa shape index (κ1) is 23.1. The van der Waals surface area contributed by atoms with Gasteiger partial charge >= 0.3 is 7.82 Å². The van der Waals surface area contributed by atoms with Gasteiger partial charge in [0.25, 0.3) is 0 Å². The lowest BCUT2D eigenvalue weighted by atomic mass is 10.3. The first-order valence-corrected chi connectivity index (χ1v) is 11.1. The number of rotatable bonds is 13. The van der Waals surface area contributed by atoms with E-state index in [2.05, 4.69) is 4.52 Å². The highest BCUT2D eigenvalue weighted by atomic mass is 32.2. The standard InChI is InChI=1S/C14H27O6PS2/c1-4-6-8-13(15)22-11-12(10-20-21(17,18)19-3)23-14(16)9-7-5-2/h12H,4-11H2,1-3H3,(H,17,18)/t12-/m1/s1. The fourth-order valence-corrected chi connectivity index (χ4v) is 4.07. The van der Waals surface area contributed by atoms with E-state index in [0.717, 1.165) is 56.3 Å². The molecule has 23 heavy (non-hydrogen) atoms. The Bertz CT molecular complexity index is 405. The molecular formula is C14H27O6PS2. The third kappa shape index (κ3) is 13.2. The minimum atomic E-state index is -4.08. The van der Waals surface area contributed by atoms with Crippen molar-refractivity contribution in [1.82, 2.24) is 0 Å². The molecule has 0 aromatic rings. The third-order valence-electron chi connectivity index (χ3n) is 2.85. The average Bonchev–Trinajstić information content (AvgIpc) is 2.53. The van der Waals surface area contributed by atoms with Crippen LogP contribution in [0.1, 0.15) is 52.4 Å². The van der Waals surface area contributed by atoms with E-state index in [1.807, 2.05) is 13.8 Å². The smallest absolute Gasteiger partial charge is 0.303 e. The third-order valence-corrected chi connectivity index (χ3v) is 6.20. The second-order valence-corrected chi connectivity index (χ2v) is 8.94. The highest BCUT2D eigenvalue weighted by Gasteiger charge is 2.24. The van der Waals surface area contributed by atoms with Crippen LogP contribution in [0.2, 0.25) is 0 Å². The van der Waals surface area contributed by atoms with E-state index in [0.29, 0.717) is 18.6 Å². The molecule has 0 saturated heterocycles. The normalized spacial score (nSPS) is 15.1. The Balaban J connectivity index is 4.44. The highest BCUT2D eigenvalue weighted by Crippen LogP contribution is 2.42. The number of carbonyl (C=O) groups is 2. The van der Waals surface area contributed by atoms with Gasteiger partial charge in [-0.25, -0.2) is 4.57 Å². The SMILES string of the molecule is CCCCC(=O)SC[C@@H](COP(=O)(O)OC)SC(=O)CCCC. The van der Waals surface area contributed by atoms with Gasteiger partial charge < -0.3 is 4.89 Å². The van der Waals surface area contributed by atoms with Crippen molar-refractivity contribution < 1.29 is 28.1 Å². The molecule has 0 aliphatic rings. The highest BCUT2D eigenvalue weighted by molar-refractivity contribution is 8.17. The monoisotopic (exact) mass is 386 g/mol. The summed E-state index contributed by atoms with van der Waals surface area (Å²) in [5, 5.41) is -0.282. The van der Waals surface area contributed by atoms with Crippen LogP contribution in [0.15, 0.2) is 0 Å². The zero-order chi connectivity index (χ0) is 17.7. The minimum absolute atomic E-state index is 0.00671. The summed E-state index contributed by atoms with van der Waals surface area (Å²) in [6, 6.07) is 0. The summed E-state index contributed by atoms with van der Waals surface area (Å²) in [6.45, 7) is 3.90. The Labute approximate surface area is 147 Å². The quantitative estimate of drug-likeness (QED) is 0.475. The van der Waals surface area contributed by atoms with Crippen molar-refractivity contribution in [3.05, 3.63) is 0 Å². The molecule has 0 aromatic heterocycles. The summed E-state index contributed by atoms with van der Waals surface area (Å²) >= 11 is 2.22. The van der Waals surface area contributed by atoms with E-state index < -0.39 is 7.82 Å². The zero-order valence-corrected chi connectivity index (χ0v) is 16.5. The van der Waals surface area contributed by atoms with Crippen molar-refractivity contribution in [3.8, 4) is 0 Å². The molecule has 0 aromatic carbocycles. The molecule has 0 rings (SSSR count). The Morgan fingerprint density at radius 1 is 1.13 bits per heavy atom. The van der Waals surface area contributed by atoms with Gasteiger partial charge in [-0.1, -0.05) is 50.2 Å². The number of carbonyl (C=O) groups excluding carboxylic acids is 2. The van der Waals surface area contributed by atoms with Crippen molar-refractivity contribution in [2.75, 3.05) is 19.5 Å². The molecular weight excluding hydrogens is 359 g/mol. The molecule has 1 N–H and O–H groups in total. The Morgan fingerprint density at radius 3 is 2.22 bits per heavy atom. The van der Waals surface area contributed by atoms with Crippen LogP contribution < -0.4 is 0 Å². The largest absolute Gasteiger partial charge is 0.471 e. The first-order chi connectivity index (χ1) is 10.8. The fraction of sp³-hybridized carbons (Fsp3) is 0.857. The minimum Gasteiger partial charge on any atom is -0.303 e. The van der Waals surface area contributed by atoms with E-state index in [1.165, 1.54) is 0 Å². The maximum absolute atomic E-state index is 11.9. The molecule has 6 nitrogen and oxygen atoms in total. The predicted octanol–water partition coefficient (Wildman–Crippen LogP) is 4.02. The van der Waals surface area contributed by atoms with Crippen LogP contribution >= 0.6 is 31.3 Å². The molecule has 0 aliphatic heterocycles. The Morgan fingerprint density at radius 2 is 1.70 bits per heavy atom. The summed E-state index contributed by atoms with van der Waals surface area (Å²) in [4.78, 5) is 32.9. The molecule has 136 valence electrons. The van der Waals surface area contributed by atoms with Gasteiger partial charge in [-0.05, 0) is 12.8 Å². The number of hydrogen-bond acceptors (Lipinski definition) is 7.